The number of carbonyl (C=O) groups excluding carboxylic acids is 1. The summed E-state index contributed by atoms with van der Waals surface area (Å²) < 4.78 is 0. The summed E-state index contributed by atoms with van der Waals surface area (Å²) in [4.78, 5) is 14.8. The molecule has 0 bridgehead atoms. The van der Waals surface area contributed by atoms with Crippen LogP contribution >= 0.6 is 12.4 Å². The zero-order chi connectivity index (χ0) is 14.1. The molecule has 2 aliphatic rings. The van der Waals surface area contributed by atoms with Crippen molar-refractivity contribution in [1.82, 2.24) is 10.2 Å². The Kier molecular flexibility index (Phi) is 5.28. The molecule has 116 valence electrons. The summed E-state index contributed by atoms with van der Waals surface area (Å²) >= 11 is 0. The van der Waals surface area contributed by atoms with Crippen LogP contribution in [-0.2, 0) is 4.79 Å². The van der Waals surface area contributed by atoms with E-state index in [0.717, 1.165) is 26.1 Å². The molecule has 1 aromatic rings. The molecule has 3 rings (SSSR count). The van der Waals surface area contributed by atoms with Crippen LogP contribution in [0.2, 0.25) is 0 Å². The van der Waals surface area contributed by atoms with Crippen molar-refractivity contribution in [2.24, 2.45) is 11.8 Å². The highest BCUT2D eigenvalue weighted by atomic mass is 35.5. The van der Waals surface area contributed by atoms with E-state index in [-0.39, 0.29) is 24.4 Å². The number of nitrogens with zero attached hydrogens (tertiary/aromatic N) is 1. The van der Waals surface area contributed by atoms with Crippen molar-refractivity contribution in [3.8, 4) is 0 Å². The summed E-state index contributed by atoms with van der Waals surface area (Å²) in [5.74, 6) is 1.09. The third-order valence-electron chi connectivity index (χ3n) is 4.77. The van der Waals surface area contributed by atoms with Crippen molar-refractivity contribution in [1.29, 1.82) is 0 Å². The first-order valence-corrected chi connectivity index (χ1v) is 7.74. The maximum atomic E-state index is 12.7. The molecule has 21 heavy (non-hydrogen) atoms. The first kappa shape index (κ1) is 16.3. The highest BCUT2D eigenvalue weighted by molar-refractivity contribution is 5.85. The van der Waals surface area contributed by atoms with E-state index in [0.29, 0.717) is 11.8 Å². The van der Waals surface area contributed by atoms with Crippen LogP contribution in [0.4, 0.5) is 0 Å². The minimum atomic E-state index is 0. The summed E-state index contributed by atoms with van der Waals surface area (Å²) in [6, 6.07) is 8.97. The number of piperidine rings is 1. The lowest BCUT2D eigenvalue weighted by Gasteiger charge is -2.43. The molecule has 2 saturated heterocycles. The van der Waals surface area contributed by atoms with Gasteiger partial charge in [0.25, 0.3) is 0 Å². The van der Waals surface area contributed by atoms with Gasteiger partial charge in [-0.2, -0.15) is 0 Å². The van der Waals surface area contributed by atoms with Gasteiger partial charge in [0.15, 0.2) is 0 Å². The third kappa shape index (κ3) is 3.24. The van der Waals surface area contributed by atoms with E-state index in [1.807, 2.05) is 0 Å². The van der Waals surface area contributed by atoms with Crippen molar-refractivity contribution in [3.63, 3.8) is 0 Å². The number of halogens is 1. The number of aryl methyl sites for hydroxylation is 1. The number of likely N-dealkylation sites (tertiary alicyclic amines) is 1. The van der Waals surface area contributed by atoms with Crippen molar-refractivity contribution in [2.45, 2.75) is 32.7 Å². The fourth-order valence-electron chi connectivity index (χ4n) is 3.40. The van der Waals surface area contributed by atoms with Gasteiger partial charge in [-0.3, -0.25) is 4.79 Å². The predicted molar refractivity (Wildman–Crippen MR) is 87.6 cm³/mol. The van der Waals surface area contributed by atoms with Gasteiger partial charge in [-0.15, -0.1) is 12.4 Å². The lowest BCUT2D eigenvalue weighted by molar-refractivity contribution is -0.142. The van der Waals surface area contributed by atoms with Crippen molar-refractivity contribution in [2.75, 3.05) is 19.6 Å². The van der Waals surface area contributed by atoms with Gasteiger partial charge in [0.2, 0.25) is 5.91 Å². The Hall–Kier alpha value is -1.06. The Morgan fingerprint density at radius 2 is 1.90 bits per heavy atom. The first-order chi connectivity index (χ1) is 9.66. The molecule has 2 aliphatic heterocycles. The number of rotatable bonds is 2. The van der Waals surface area contributed by atoms with Crippen LogP contribution in [-0.4, -0.2) is 30.4 Å². The monoisotopic (exact) mass is 308 g/mol. The molecule has 0 aliphatic carbocycles. The molecule has 0 radical (unpaired) electrons. The number of benzene rings is 1. The fourth-order valence-corrected chi connectivity index (χ4v) is 3.40. The van der Waals surface area contributed by atoms with E-state index >= 15 is 0 Å². The second kappa shape index (κ2) is 6.80. The third-order valence-corrected chi connectivity index (χ3v) is 4.77. The van der Waals surface area contributed by atoms with E-state index in [2.05, 4.69) is 48.3 Å². The molecule has 0 spiro atoms. The Labute approximate surface area is 133 Å². The van der Waals surface area contributed by atoms with Gasteiger partial charge in [0, 0.05) is 19.6 Å². The maximum Gasteiger partial charge on any atom is 0.228 e. The first-order valence-electron chi connectivity index (χ1n) is 7.74. The number of amides is 1. The Bertz CT molecular complexity index is 484. The van der Waals surface area contributed by atoms with E-state index in [1.54, 1.807) is 0 Å². The van der Waals surface area contributed by atoms with E-state index < -0.39 is 0 Å². The van der Waals surface area contributed by atoms with Gasteiger partial charge >= 0.3 is 0 Å². The van der Waals surface area contributed by atoms with Gasteiger partial charge < -0.3 is 10.2 Å². The zero-order valence-electron chi connectivity index (χ0n) is 12.8. The van der Waals surface area contributed by atoms with Crippen LogP contribution in [0.15, 0.2) is 24.3 Å². The molecule has 2 atom stereocenters. The molecule has 1 amide bonds. The topological polar surface area (TPSA) is 32.3 Å². The molecule has 1 aromatic carbocycles. The molecule has 4 heteroatoms. The number of carbonyl (C=O) groups is 1. The van der Waals surface area contributed by atoms with Crippen LogP contribution in [0, 0.1) is 18.8 Å². The van der Waals surface area contributed by atoms with E-state index in [1.165, 1.54) is 17.5 Å². The molecule has 0 aromatic heterocycles. The lowest BCUT2D eigenvalue weighted by atomic mass is 9.84. The SMILES string of the molecule is Cc1ccc(C2C(C)CCCN2C(=O)C2CNC2)cc1.Cl. The minimum Gasteiger partial charge on any atom is -0.335 e. The van der Waals surface area contributed by atoms with Crippen molar-refractivity contribution >= 4 is 18.3 Å². The highest BCUT2D eigenvalue weighted by Gasteiger charge is 2.37. The molecule has 2 unspecified atom stereocenters. The van der Waals surface area contributed by atoms with Crippen molar-refractivity contribution in [3.05, 3.63) is 35.4 Å². The summed E-state index contributed by atoms with van der Waals surface area (Å²) in [5.41, 5.74) is 2.57. The summed E-state index contributed by atoms with van der Waals surface area (Å²) in [7, 11) is 0. The summed E-state index contributed by atoms with van der Waals surface area (Å²) in [6.07, 6.45) is 2.35. The summed E-state index contributed by atoms with van der Waals surface area (Å²) in [6.45, 7) is 7.01. The molecular weight excluding hydrogens is 284 g/mol. The predicted octanol–water partition coefficient (Wildman–Crippen LogP) is 2.94. The second-order valence-electron chi connectivity index (χ2n) is 6.36. The number of nitrogens with one attached hydrogen (secondary N) is 1. The van der Waals surface area contributed by atoms with Gasteiger partial charge in [0.05, 0.1) is 12.0 Å². The van der Waals surface area contributed by atoms with E-state index in [9.17, 15) is 4.79 Å². The van der Waals surface area contributed by atoms with Crippen LogP contribution < -0.4 is 5.32 Å². The minimum absolute atomic E-state index is 0. The highest BCUT2D eigenvalue weighted by Crippen LogP contribution is 2.37. The molecule has 2 heterocycles. The van der Waals surface area contributed by atoms with Crippen LogP contribution in [0.5, 0.6) is 0 Å². The molecule has 0 saturated carbocycles. The molecular formula is C17H25ClN2O. The molecule has 2 fully saturated rings. The normalized spacial score (nSPS) is 25.9. The Morgan fingerprint density at radius 1 is 1.24 bits per heavy atom. The smallest absolute Gasteiger partial charge is 0.228 e. The average molecular weight is 309 g/mol. The fraction of sp³-hybridized carbons (Fsp3) is 0.588. The van der Waals surface area contributed by atoms with E-state index in [4.69, 9.17) is 0 Å². The van der Waals surface area contributed by atoms with Crippen LogP contribution in [0.3, 0.4) is 0 Å². The Balaban J connectivity index is 0.00000161. The second-order valence-corrected chi connectivity index (χ2v) is 6.36. The van der Waals surface area contributed by atoms with Gasteiger partial charge in [0.1, 0.15) is 0 Å². The maximum absolute atomic E-state index is 12.7. The summed E-state index contributed by atoms with van der Waals surface area (Å²) in [5, 5.41) is 3.21. The van der Waals surface area contributed by atoms with Crippen LogP contribution in [0.1, 0.15) is 36.9 Å². The quantitative estimate of drug-likeness (QED) is 0.911. The number of hydrogen-bond acceptors (Lipinski definition) is 2. The number of hydrogen-bond donors (Lipinski definition) is 1. The van der Waals surface area contributed by atoms with Gasteiger partial charge in [-0.1, -0.05) is 36.8 Å². The average Bonchev–Trinajstić information content (AvgIpc) is 2.38. The molecule has 1 N–H and O–H groups in total. The van der Waals surface area contributed by atoms with Gasteiger partial charge in [-0.25, -0.2) is 0 Å². The standard InChI is InChI=1S/C17H24N2O.ClH/c1-12-5-7-14(8-6-12)16-13(2)4-3-9-19(16)17(20)15-10-18-11-15;/h5-8,13,15-16,18H,3-4,9-11H2,1-2H3;1H. The van der Waals surface area contributed by atoms with Crippen LogP contribution in [0.25, 0.3) is 0 Å². The van der Waals surface area contributed by atoms with Gasteiger partial charge in [-0.05, 0) is 31.2 Å². The lowest BCUT2D eigenvalue weighted by Crippen LogP contribution is -2.54. The zero-order valence-corrected chi connectivity index (χ0v) is 13.7. The largest absolute Gasteiger partial charge is 0.335 e. The molecule has 3 nitrogen and oxygen atoms in total. The Morgan fingerprint density at radius 3 is 2.48 bits per heavy atom. The van der Waals surface area contributed by atoms with Crippen molar-refractivity contribution < 1.29 is 4.79 Å².